The topological polar surface area (TPSA) is 53.7 Å². The van der Waals surface area contributed by atoms with Crippen LogP contribution in [0.25, 0.3) is 0 Å². The molecule has 1 aliphatic rings. The Hall–Kier alpha value is -0.970. The Balaban J connectivity index is 2.35. The lowest BCUT2D eigenvalue weighted by Gasteiger charge is -2.19. The van der Waals surface area contributed by atoms with Crippen LogP contribution in [0.15, 0.2) is 12.1 Å². The monoisotopic (exact) mass is 215 g/mol. The van der Waals surface area contributed by atoms with Crippen molar-refractivity contribution in [1.82, 2.24) is 0 Å². The van der Waals surface area contributed by atoms with Crippen LogP contribution in [0.2, 0.25) is 5.02 Å². The van der Waals surface area contributed by atoms with E-state index in [1.165, 1.54) is 0 Å². The normalized spacial score (nSPS) is 14.1. The third kappa shape index (κ3) is 1.77. The lowest BCUT2D eigenvalue weighted by Crippen LogP contribution is -2.15. The van der Waals surface area contributed by atoms with E-state index < -0.39 is 0 Å². The third-order valence-corrected chi connectivity index (χ3v) is 2.30. The summed E-state index contributed by atoms with van der Waals surface area (Å²) >= 11 is 5.97. The highest BCUT2D eigenvalue weighted by atomic mass is 35.5. The van der Waals surface area contributed by atoms with Gasteiger partial charge in [0.15, 0.2) is 11.5 Å². The Kier molecular flexibility index (Phi) is 2.77. The fraction of sp³-hybridized carbons (Fsp3) is 0.333. The van der Waals surface area contributed by atoms with Gasteiger partial charge in [0.25, 0.3) is 0 Å². The van der Waals surface area contributed by atoms with Crippen molar-refractivity contribution in [1.29, 1.82) is 0 Å². The Bertz CT molecular complexity index is 343. The molecular weight excluding hydrogens is 206 g/mol. The van der Waals surface area contributed by atoms with E-state index in [9.17, 15) is 0 Å². The minimum Gasteiger partial charge on any atom is -0.486 e. The maximum Gasteiger partial charge on any atom is 0.162 e. The molecule has 0 bridgehead atoms. The van der Waals surface area contributed by atoms with Gasteiger partial charge in [-0.2, -0.15) is 0 Å². The number of hydrogen-bond donors (Lipinski definition) is 1. The molecule has 0 aliphatic carbocycles. The predicted molar refractivity (Wildman–Crippen MR) is 51.4 cm³/mol. The summed E-state index contributed by atoms with van der Waals surface area (Å²) in [5.74, 6) is 6.33. The molecule has 1 heterocycles. The van der Waals surface area contributed by atoms with E-state index in [1.54, 1.807) is 12.1 Å². The molecule has 0 saturated heterocycles. The van der Waals surface area contributed by atoms with Crippen molar-refractivity contribution in [3.05, 3.63) is 22.7 Å². The summed E-state index contributed by atoms with van der Waals surface area (Å²) in [6.45, 7) is 1.36. The van der Waals surface area contributed by atoms with Gasteiger partial charge < -0.3 is 9.47 Å². The van der Waals surface area contributed by atoms with Gasteiger partial charge >= 0.3 is 0 Å². The maximum absolute atomic E-state index is 5.97. The molecule has 2 rings (SSSR count). The second-order valence-electron chi connectivity index (χ2n) is 2.90. The molecule has 0 fully saturated rings. The van der Waals surface area contributed by atoms with Crippen molar-refractivity contribution in [2.45, 2.75) is 6.61 Å². The molecule has 1 aromatic rings. The van der Waals surface area contributed by atoms with Gasteiger partial charge in [-0.05, 0) is 6.07 Å². The Morgan fingerprint density at radius 3 is 2.57 bits per heavy atom. The zero-order valence-corrected chi connectivity index (χ0v) is 8.21. The highest BCUT2D eigenvalue weighted by molar-refractivity contribution is 6.31. The van der Waals surface area contributed by atoms with E-state index in [0.717, 1.165) is 5.56 Å². The van der Waals surface area contributed by atoms with Gasteiger partial charge in [0.1, 0.15) is 13.2 Å². The number of fused-ring (bicyclic) bond motifs is 1. The lowest BCUT2D eigenvalue weighted by molar-refractivity contribution is 0.123. The first-order valence-electron chi connectivity index (χ1n) is 4.21. The SMILES string of the molecule is NOCc1cc2c(cc1Cl)OCCO2. The summed E-state index contributed by atoms with van der Waals surface area (Å²) in [4.78, 5) is 4.52. The lowest BCUT2D eigenvalue weighted by atomic mass is 10.2. The van der Waals surface area contributed by atoms with Crippen LogP contribution in [0.3, 0.4) is 0 Å². The highest BCUT2D eigenvalue weighted by Gasteiger charge is 2.14. The Morgan fingerprint density at radius 2 is 1.93 bits per heavy atom. The van der Waals surface area contributed by atoms with E-state index >= 15 is 0 Å². The zero-order valence-electron chi connectivity index (χ0n) is 7.46. The van der Waals surface area contributed by atoms with Crippen LogP contribution in [0.5, 0.6) is 11.5 Å². The minimum absolute atomic E-state index is 0.259. The number of halogens is 1. The standard InChI is InChI=1S/C9H10ClNO3/c10-7-4-9-8(12-1-2-13-9)3-6(7)5-14-11/h3-4H,1-2,5,11H2. The van der Waals surface area contributed by atoms with Crippen molar-refractivity contribution < 1.29 is 14.3 Å². The summed E-state index contributed by atoms with van der Waals surface area (Å²) < 4.78 is 10.7. The van der Waals surface area contributed by atoms with Gasteiger partial charge in [-0.25, -0.2) is 5.90 Å². The van der Waals surface area contributed by atoms with Gasteiger partial charge in [0.2, 0.25) is 0 Å². The molecule has 0 amide bonds. The summed E-state index contributed by atoms with van der Waals surface area (Å²) in [7, 11) is 0. The summed E-state index contributed by atoms with van der Waals surface area (Å²) in [6.07, 6.45) is 0. The maximum atomic E-state index is 5.97. The summed E-state index contributed by atoms with van der Waals surface area (Å²) in [6, 6.07) is 3.49. The summed E-state index contributed by atoms with van der Waals surface area (Å²) in [5, 5.41) is 0.569. The van der Waals surface area contributed by atoms with E-state index in [-0.39, 0.29) is 6.61 Å². The van der Waals surface area contributed by atoms with E-state index in [1.807, 2.05) is 0 Å². The molecule has 0 unspecified atom stereocenters. The van der Waals surface area contributed by atoms with Gasteiger partial charge in [0, 0.05) is 11.6 Å². The molecule has 4 nitrogen and oxygen atoms in total. The highest BCUT2D eigenvalue weighted by Crippen LogP contribution is 2.35. The van der Waals surface area contributed by atoms with Gasteiger partial charge in [0.05, 0.1) is 11.6 Å². The first-order valence-corrected chi connectivity index (χ1v) is 4.59. The van der Waals surface area contributed by atoms with Crippen LogP contribution < -0.4 is 15.4 Å². The molecular formula is C9H10ClNO3. The number of benzene rings is 1. The molecule has 0 atom stereocenters. The van der Waals surface area contributed by atoms with Crippen molar-refractivity contribution >= 4 is 11.6 Å². The second-order valence-corrected chi connectivity index (χ2v) is 3.31. The molecule has 0 aromatic heterocycles. The quantitative estimate of drug-likeness (QED) is 0.760. The first kappa shape index (κ1) is 9.58. The van der Waals surface area contributed by atoms with E-state index in [4.69, 9.17) is 27.0 Å². The predicted octanol–water partition coefficient (Wildman–Crippen LogP) is 1.50. The molecule has 1 aliphatic heterocycles. The Morgan fingerprint density at radius 1 is 1.29 bits per heavy atom. The summed E-state index contributed by atoms with van der Waals surface area (Å²) in [5.41, 5.74) is 0.790. The molecule has 0 radical (unpaired) electrons. The minimum atomic E-state index is 0.259. The third-order valence-electron chi connectivity index (χ3n) is 1.95. The van der Waals surface area contributed by atoms with Gasteiger partial charge in [-0.1, -0.05) is 11.6 Å². The first-order chi connectivity index (χ1) is 6.81. The molecule has 0 saturated carbocycles. The van der Waals surface area contributed by atoms with Crippen molar-refractivity contribution in [2.75, 3.05) is 13.2 Å². The zero-order chi connectivity index (χ0) is 9.97. The molecule has 1 aromatic carbocycles. The fourth-order valence-corrected chi connectivity index (χ4v) is 1.51. The van der Waals surface area contributed by atoms with Crippen molar-refractivity contribution in [2.24, 2.45) is 5.90 Å². The molecule has 14 heavy (non-hydrogen) atoms. The van der Waals surface area contributed by atoms with E-state index in [0.29, 0.717) is 29.7 Å². The van der Waals surface area contributed by atoms with Crippen molar-refractivity contribution in [3.8, 4) is 11.5 Å². The van der Waals surface area contributed by atoms with Crippen molar-refractivity contribution in [3.63, 3.8) is 0 Å². The fourth-order valence-electron chi connectivity index (χ4n) is 1.31. The number of ether oxygens (including phenoxy) is 2. The molecule has 76 valence electrons. The van der Waals surface area contributed by atoms with E-state index in [2.05, 4.69) is 4.84 Å². The van der Waals surface area contributed by atoms with Crippen LogP contribution in [0.4, 0.5) is 0 Å². The van der Waals surface area contributed by atoms with Crippen LogP contribution in [0, 0.1) is 0 Å². The van der Waals surface area contributed by atoms with Crippen LogP contribution in [0.1, 0.15) is 5.56 Å². The second kappa shape index (κ2) is 4.04. The number of rotatable bonds is 2. The largest absolute Gasteiger partial charge is 0.486 e. The van der Waals surface area contributed by atoms with Crippen LogP contribution in [-0.2, 0) is 11.4 Å². The molecule has 0 spiro atoms. The van der Waals surface area contributed by atoms with Gasteiger partial charge in [-0.3, -0.25) is 4.84 Å². The van der Waals surface area contributed by atoms with Crippen LogP contribution in [-0.4, -0.2) is 13.2 Å². The average Bonchev–Trinajstić information content (AvgIpc) is 2.19. The number of hydrogen-bond acceptors (Lipinski definition) is 4. The Labute approximate surface area is 86.5 Å². The number of nitrogens with two attached hydrogens (primary N) is 1. The molecule has 2 N–H and O–H groups in total. The van der Waals surface area contributed by atoms with Gasteiger partial charge in [-0.15, -0.1) is 0 Å². The smallest absolute Gasteiger partial charge is 0.162 e. The molecule has 5 heteroatoms. The average molecular weight is 216 g/mol. The van der Waals surface area contributed by atoms with Crippen LogP contribution >= 0.6 is 11.6 Å².